The predicted octanol–water partition coefficient (Wildman–Crippen LogP) is 4.05. The van der Waals surface area contributed by atoms with Gasteiger partial charge in [0, 0.05) is 0 Å². The van der Waals surface area contributed by atoms with E-state index in [-0.39, 0.29) is 29.1 Å². The molecular weight excluding hydrogens is 352 g/mol. The van der Waals surface area contributed by atoms with Gasteiger partial charge in [-0.2, -0.15) is 5.10 Å². The minimum absolute atomic E-state index is 0.00413. The molecule has 0 radical (unpaired) electrons. The molecule has 2 aromatic heterocycles. The van der Waals surface area contributed by atoms with Gasteiger partial charge in [0.15, 0.2) is 0 Å². The summed E-state index contributed by atoms with van der Waals surface area (Å²) in [6.45, 7) is 4.23. The molecule has 0 saturated heterocycles. The smallest absolute Gasteiger partial charge is 0.312 e. The van der Waals surface area contributed by atoms with Crippen molar-refractivity contribution >= 4 is 6.01 Å². The number of nitrogens with two attached hydrogens (primary N) is 1. The summed E-state index contributed by atoms with van der Waals surface area (Å²) in [5.41, 5.74) is 7.17. The van der Waals surface area contributed by atoms with Gasteiger partial charge in [0.2, 0.25) is 5.89 Å². The van der Waals surface area contributed by atoms with E-state index in [4.69, 9.17) is 10.2 Å². The summed E-state index contributed by atoms with van der Waals surface area (Å²) in [6, 6.07) is 5.48. The lowest BCUT2D eigenvalue weighted by molar-refractivity contribution is 0.376. The van der Waals surface area contributed by atoms with E-state index in [1.165, 1.54) is 18.2 Å². The van der Waals surface area contributed by atoms with Crippen LogP contribution < -0.4 is 5.73 Å². The first-order valence-corrected chi connectivity index (χ1v) is 8.86. The highest BCUT2D eigenvalue weighted by Crippen LogP contribution is 2.44. The Labute approximate surface area is 154 Å². The second-order valence-corrected chi connectivity index (χ2v) is 7.13. The molecule has 2 atom stereocenters. The molecule has 0 fully saturated rings. The van der Waals surface area contributed by atoms with E-state index >= 15 is 0 Å². The Morgan fingerprint density at radius 3 is 2.44 bits per heavy atom. The molecule has 6 nitrogen and oxygen atoms in total. The lowest BCUT2D eigenvalue weighted by Gasteiger charge is -2.31. The van der Waals surface area contributed by atoms with Gasteiger partial charge < -0.3 is 10.2 Å². The normalized spacial score (nSPS) is 19.3. The predicted molar refractivity (Wildman–Crippen MR) is 94.8 cm³/mol. The van der Waals surface area contributed by atoms with Crippen molar-refractivity contribution < 1.29 is 13.2 Å². The van der Waals surface area contributed by atoms with Crippen LogP contribution in [0.1, 0.15) is 55.7 Å². The summed E-state index contributed by atoms with van der Waals surface area (Å²) in [6.07, 6.45) is 1.63. The Bertz CT molecular complexity index is 968. The number of rotatable bonds is 3. The summed E-state index contributed by atoms with van der Waals surface area (Å²) >= 11 is 0. The maximum Gasteiger partial charge on any atom is 0.312 e. The second kappa shape index (κ2) is 6.68. The fraction of sp³-hybridized carbons (Fsp3) is 0.368. The highest BCUT2D eigenvalue weighted by molar-refractivity contribution is 5.61. The van der Waals surface area contributed by atoms with Gasteiger partial charge in [-0.15, -0.1) is 10.2 Å². The van der Waals surface area contributed by atoms with Crippen molar-refractivity contribution in [3.63, 3.8) is 0 Å². The average molecular weight is 371 g/mol. The Morgan fingerprint density at radius 1 is 1.07 bits per heavy atom. The lowest BCUT2D eigenvalue weighted by Crippen LogP contribution is -2.21. The van der Waals surface area contributed by atoms with Crippen molar-refractivity contribution in [1.82, 2.24) is 20.4 Å². The molecule has 140 valence electrons. The first-order valence-electron chi connectivity index (χ1n) is 8.86. The number of nitrogen functional groups attached to an aromatic ring is 1. The maximum absolute atomic E-state index is 14.2. The zero-order valence-electron chi connectivity index (χ0n) is 15.0. The Morgan fingerprint density at radius 2 is 1.81 bits per heavy atom. The fourth-order valence-electron chi connectivity index (χ4n) is 3.81. The fourth-order valence-corrected chi connectivity index (χ4v) is 3.81. The standard InChI is InChI=1S/C19H19F2N5O/c1-9(2)10-6-7-11(18-25-26-19(22)27-18)17-12(10)8-15(23-24-17)16-13(20)4-3-5-14(16)21/h3-5,8-11H,6-7H2,1-2H3,(H2,22,26). The molecule has 4 rings (SSSR count). The largest absolute Gasteiger partial charge is 0.408 e. The van der Waals surface area contributed by atoms with E-state index < -0.39 is 11.6 Å². The van der Waals surface area contributed by atoms with Gasteiger partial charge in [0.05, 0.1) is 22.9 Å². The van der Waals surface area contributed by atoms with Gasteiger partial charge in [-0.05, 0) is 48.4 Å². The summed E-state index contributed by atoms with van der Waals surface area (Å²) in [5.74, 6) is -0.646. The molecule has 1 aliphatic rings. The summed E-state index contributed by atoms with van der Waals surface area (Å²) in [4.78, 5) is 0. The average Bonchev–Trinajstić information content (AvgIpc) is 3.06. The van der Waals surface area contributed by atoms with Crippen LogP contribution >= 0.6 is 0 Å². The van der Waals surface area contributed by atoms with E-state index in [0.717, 1.165) is 18.4 Å². The second-order valence-electron chi connectivity index (χ2n) is 7.13. The van der Waals surface area contributed by atoms with Crippen LogP contribution in [-0.2, 0) is 0 Å². The maximum atomic E-state index is 14.2. The number of hydrogen-bond acceptors (Lipinski definition) is 6. The topological polar surface area (TPSA) is 90.7 Å². The third-order valence-corrected chi connectivity index (χ3v) is 5.13. The third-order valence-electron chi connectivity index (χ3n) is 5.13. The van der Waals surface area contributed by atoms with Crippen LogP contribution in [0.4, 0.5) is 14.8 Å². The van der Waals surface area contributed by atoms with Crippen molar-refractivity contribution in [3.05, 3.63) is 53.0 Å². The zero-order valence-corrected chi connectivity index (χ0v) is 15.0. The van der Waals surface area contributed by atoms with Crippen molar-refractivity contribution in [2.75, 3.05) is 5.73 Å². The molecule has 1 aliphatic carbocycles. The Hall–Kier alpha value is -2.90. The highest BCUT2D eigenvalue weighted by Gasteiger charge is 2.35. The minimum atomic E-state index is -0.664. The van der Waals surface area contributed by atoms with E-state index in [1.807, 2.05) is 0 Å². The van der Waals surface area contributed by atoms with Crippen molar-refractivity contribution in [2.24, 2.45) is 5.92 Å². The van der Waals surface area contributed by atoms with Gasteiger partial charge in [0.25, 0.3) is 0 Å². The number of aromatic nitrogens is 4. The molecule has 27 heavy (non-hydrogen) atoms. The van der Waals surface area contributed by atoms with E-state index in [0.29, 0.717) is 17.5 Å². The molecule has 0 aliphatic heterocycles. The Balaban J connectivity index is 1.86. The minimum Gasteiger partial charge on any atom is -0.408 e. The van der Waals surface area contributed by atoms with E-state index in [9.17, 15) is 8.78 Å². The molecule has 0 saturated carbocycles. The zero-order chi connectivity index (χ0) is 19.1. The monoisotopic (exact) mass is 371 g/mol. The van der Waals surface area contributed by atoms with Crippen LogP contribution in [0.5, 0.6) is 0 Å². The molecule has 1 aromatic carbocycles. The molecule has 0 bridgehead atoms. The lowest BCUT2D eigenvalue weighted by atomic mass is 9.74. The molecule has 8 heteroatoms. The SMILES string of the molecule is CC(C)C1CCC(c2nnc(N)o2)c2nnc(-c3c(F)cccc3F)cc21. The molecule has 2 N–H and O–H groups in total. The molecular formula is C19H19F2N5O. The van der Waals surface area contributed by atoms with Gasteiger partial charge in [-0.25, -0.2) is 8.78 Å². The van der Waals surface area contributed by atoms with Gasteiger partial charge in [0.1, 0.15) is 11.6 Å². The van der Waals surface area contributed by atoms with Gasteiger partial charge >= 0.3 is 6.01 Å². The Kier molecular flexibility index (Phi) is 4.33. The van der Waals surface area contributed by atoms with Crippen LogP contribution in [0, 0.1) is 17.6 Å². The first-order chi connectivity index (χ1) is 13.0. The van der Waals surface area contributed by atoms with Crippen LogP contribution in [0.15, 0.2) is 28.7 Å². The molecule has 0 amide bonds. The van der Waals surface area contributed by atoms with Crippen molar-refractivity contribution in [2.45, 2.75) is 38.5 Å². The highest BCUT2D eigenvalue weighted by atomic mass is 19.1. The first kappa shape index (κ1) is 17.5. The quantitative estimate of drug-likeness (QED) is 0.747. The summed E-state index contributed by atoms with van der Waals surface area (Å²) in [7, 11) is 0. The van der Waals surface area contributed by atoms with Crippen molar-refractivity contribution in [3.8, 4) is 11.3 Å². The van der Waals surface area contributed by atoms with Crippen LogP contribution in [0.3, 0.4) is 0 Å². The summed E-state index contributed by atoms with van der Waals surface area (Å²) in [5, 5.41) is 16.1. The number of hydrogen-bond donors (Lipinski definition) is 1. The van der Waals surface area contributed by atoms with E-state index in [1.54, 1.807) is 6.07 Å². The van der Waals surface area contributed by atoms with Crippen LogP contribution in [0.25, 0.3) is 11.3 Å². The summed E-state index contributed by atoms with van der Waals surface area (Å²) < 4.78 is 33.8. The molecule has 2 heterocycles. The van der Waals surface area contributed by atoms with Gasteiger partial charge in [-0.3, -0.25) is 0 Å². The number of halogens is 2. The number of benzene rings is 1. The number of nitrogens with zero attached hydrogens (tertiary/aromatic N) is 4. The molecule has 0 spiro atoms. The number of anilines is 1. The van der Waals surface area contributed by atoms with Crippen molar-refractivity contribution in [1.29, 1.82) is 0 Å². The third kappa shape index (κ3) is 3.05. The molecule has 3 aromatic rings. The molecule has 2 unspecified atom stereocenters. The van der Waals surface area contributed by atoms with E-state index in [2.05, 4.69) is 34.2 Å². The number of fused-ring (bicyclic) bond motifs is 1. The van der Waals surface area contributed by atoms with Crippen LogP contribution in [0.2, 0.25) is 0 Å². The van der Waals surface area contributed by atoms with Crippen LogP contribution in [-0.4, -0.2) is 20.4 Å². The van der Waals surface area contributed by atoms with Gasteiger partial charge in [-0.1, -0.05) is 25.0 Å².